The SMILES string of the molecule is CCN(CC)Cc1cc(CNC(C)c2cnn(-c3ccc(F)cc3F)c2C)ccc1OC. The predicted molar refractivity (Wildman–Crippen MR) is 123 cm³/mol. The monoisotopic (exact) mass is 442 g/mol. The molecule has 0 saturated heterocycles. The lowest BCUT2D eigenvalue weighted by Crippen LogP contribution is -2.23. The molecule has 0 aliphatic carbocycles. The third-order valence-electron chi connectivity index (χ3n) is 5.90. The predicted octanol–water partition coefficient (Wildman–Crippen LogP) is 5.16. The number of benzene rings is 2. The van der Waals surface area contributed by atoms with Crippen molar-refractivity contribution >= 4 is 0 Å². The first kappa shape index (κ1) is 23.9. The smallest absolute Gasteiger partial charge is 0.151 e. The Labute approximate surface area is 189 Å². The first-order valence-electron chi connectivity index (χ1n) is 11.0. The molecule has 0 aliphatic rings. The van der Waals surface area contributed by atoms with E-state index in [1.807, 2.05) is 13.0 Å². The van der Waals surface area contributed by atoms with E-state index in [1.54, 1.807) is 13.3 Å². The van der Waals surface area contributed by atoms with Crippen LogP contribution in [-0.2, 0) is 13.1 Å². The number of aromatic nitrogens is 2. The molecular formula is C25H32F2N4O. The van der Waals surface area contributed by atoms with E-state index in [-0.39, 0.29) is 11.7 Å². The molecule has 0 fully saturated rings. The molecule has 1 unspecified atom stereocenters. The van der Waals surface area contributed by atoms with Crippen LogP contribution < -0.4 is 10.1 Å². The van der Waals surface area contributed by atoms with Crippen molar-refractivity contribution in [2.45, 2.75) is 46.8 Å². The number of halogens is 2. The molecule has 0 bridgehead atoms. The summed E-state index contributed by atoms with van der Waals surface area (Å²) in [6.45, 7) is 11.7. The molecule has 7 heteroatoms. The van der Waals surface area contributed by atoms with Gasteiger partial charge in [-0.15, -0.1) is 0 Å². The number of nitrogens with one attached hydrogen (secondary N) is 1. The Kier molecular flexibility index (Phi) is 7.99. The van der Waals surface area contributed by atoms with Gasteiger partial charge in [0, 0.05) is 42.0 Å². The van der Waals surface area contributed by atoms with Crippen LogP contribution in [0.1, 0.15) is 49.2 Å². The van der Waals surface area contributed by atoms with Crippen molar-refractivity contribution in [3.63, 3.8) is 0 Å². The van der Waals surface area contributed by atoms with Gasteiger partial charge in [-0.25, -0.2) is 13.5 Å². The first-order valence-corrected chi connectivity index (χ1v) is 11.0. The Morgan fingerprint density at radius 3 is 2.53 bits per heavy atom. The zero-order valence-corrected chi connectivity index (χ0v) is 19.5. The second kappa shape index (κ2) is 10.7. The summed E-state index contributed by atoms with van der Waals surface area (Å²) in [5, 5.41) is 7.86. The van der Waals surface area contributed by atoms with Crippen molar-refractivity contribution in [1.82, 2.24) is 20.0 Å². The molecule has 0 saturated carbocycles. The van der Waals surface area contributed by atoms with Gasteiger partial charge in [-0.2, -0.15) is 5.10 Å². The highest BCUT2D eigenvalue weighted by molar-refractivity contribution is 5.38. The van der Waals surface area contributed by atoms with Crippen LogP contribution in [0, 0.1) is 18.6 Å². The van der Waals surface area contributed by atoms with Crippen LogP contribution in [0.5, 0.6) is 5.75 Å². The third kappa shape index (κ3) is 5.34. The number of rotatable bonds is 10. The van der Waals surface area contributed by atoms with E-state index in [1.165, 1.54) is 22.4 Å². The molecule has 3 aromatic rings. The van der Waals surface area contributed by atoms with Gasteiger partial charge in [-0.1, -0.05) is 19.9 Å². The van der Waals surface area contributed by atoms with E-state index in [0.29, 0.717) is 6.54 Å². The average Bonchev–Trinajstić information content (AvgIpc) is 3.17. The Balaban J connectivity index is 1.73. The molecule has 0 amide bonds. The minimum atomic E-state index is -0.637. The fourth-order valence-corrected chi connectivity index (χ4v) is 3.88. The lowest BCUT2D eigenvalue weighted by Gasteiger charge is -2.21. The fourth-order valence-electron chi connectivity index (χ4n) is 3.88. The molecule has 2 aromatic carbocycles. The van der Waals surface area contributed by atoms with Gasteiger partial charge in [0.2, 0.25) is 0 Å². The van der Waals surface area contributed by atoms with Crippen molar-refractivity contribution in [3.05, 3.63) is 76.6 Å². The lowest BCUT2D eigenvalue weighted by molar-refractivity contribution is 0.289. The Morgan fingerprint density at radius 2 is 1.88 bits per heavy atom. The average molecular weight is 443 g/mol. The van der Waals surface area contributed by atoms with E-state index in [0.717, 1.165) is 48.3 Å². The van der Waals surface area contributed by atoms with Crippen molar-refractivity contribution in [2.24, 2.45) is 0 Å². The fraction of sp³-hybridized carbons (Fsp3) is 0.400. The van der Waals surface area contributed by atoms with E-state index < -0.39 is 11.6 Å². The molecule has 1 N–H and O–H groups in total. The summed E-state index contributed by atoms with van der Waals surface area (Å²) in [7, 11) is 1.70. The minimum absolute atomic E-state index is 0.000549. The van der Waals surface area contributed by atoms with Crippen LogP contribution in [0.3, 0.4) is 0 Å². The molecule has 1 atom stereocenters. The zero-order valence-electron chi connectivity index (χ0n) is 19.5. The van der Waals surface area contributed by atoms with E-state index >= 15 is 0 Å². The van der Waals surface area contributed by atoms with Crippen molar-refractivity contribution in [3.8, 4) is 11.4 Å². The molecule has 0 aliphatic heterocycles. The highest BCUT2D eigenvalue weighted by Gasteiger charge is 2.17. The summed E-state index contributed by atoms with van der Waals surface area (Å²) in [6.07, 6.45) is 1.73. The zero-order chi connectivity index (χ0) is 23.3. The Bertz CT molecular complexity index is 1050. The normalized spacial score (nSPS) is 12.4. The van der Waals surface area contributed by atoms with Gasteiger partial charge in [0.25, 0.3) is 0 Å². The molecule has 1 aromatic heterocycles. The summed E-state index contributed by atoms with van der Waals surface area (Å²) in [5.74, 6) is -0.347. The van der Waals surface area contributed by atoms with Crippen LogP contribution in [-0.4, -0.2) is 34.9 Å². The van der Waals surface area contributed by atoms with Crippen molar-refractivity contribution in [2.75, 3.05) is 20.2 Å². The highest BCUT2D eigenvalue weighted by atomic mass is 19.1. The van der Waals surface area contributed by atoms with Crippen LogP contribution in [0.15, 0.2) is 42.6 Å². The summed E-state index contributed by atoms with van der Waals surface area (Å²) < 4.78 is 34.5. The standard InChI is InChI=1S/C25H32F2N4O/c1-6-30(7-2)16-20-12-19(8-11-25(20)32-5)14-28-17(3)22-15-29-31(18(22)4)24-10-9-21(26)13-23(24)27/h8-13,15,17,28H,6-7,14,16H2,1-5H3. The van der Waals surface area contributed by atoms with Crippen LogP contribution in [0.25, 0.3) is 5.69 Å². The number of hydrogen-bond acceptors (Lipinski definition) is 4. The third-order valence-corrected chi connectivity index (χ3v) is 5.90. The van der Waals surface area contributed by atoms with Crippen LogP contribution in [0.2, 0.25) is 0 Å². The second-order valence-corrected chi connectivity index (χ2v) is 7.90. The quantitative estimate of drug-likeness (QED) is 0.471. The van der Waals surface area contributed by atoms with Crippen LogP contribution in [0.4, 0.5) is 8.78 Å². The molecular weight excluding hydrogens is 410 g/mol. The van der Waals surface area contributed by atoms with E-state index in [4.69, 9.17) is 4.74 Å². The number of nitrogens with zero attached hydrogens (tertiary/aromatic N) is 3. The Hall–Kier alpha value is -2.77. The van der Waals surface area contributed by atoms with Gasteiger partial charge in [0.05, 0.1) is 13.3 Å². The maximum atomic E-state index is 14.2. The van der Waals surface area contributed by atoms with Crippen molar-refractivity contribution in [1.29, 1.82) is 0 Å². The summed E-state index contributed by atoms with van der Waals surface area (Å²) in [5.41, 5.74) is 4.34. The number of hydrogen-bond donors (Lipinski definition) is 1. The van der Waals surface area contributed by atoms with Gasteiger partial charge in [-0.05, 0) is 56.8 Å². The molecule has 0 radical (unpaired) electrons. The molecule has 5 nitrogen and oxygen atoms in total. The minimum Gasteiger partial charge on any atom is -0.496 e. The number of ether oxygens (including phenoxy) is 1. The molecule has 1 heterocycles. The van der Waals surface area contributed by atoms with Gasteiger partial charge in [0.1, 0.15) is 17.3 Å². The lowest BCUT2D eigenvalue weighted by atomic mass is 10.1. The van der Waals surface area contributed by atoms with E-state index in [9.17, 15) is 8.78 Å². The summed E-state index contributed by atoms with van der Waals surface area (Å²) in [4.78, 5) is 2.35. The maximum Gasteiger partial charge on any atom is 0.151 e. The van der Waals surface area contributed by atoms with Gasteiger partial charge in [0.15, 0.2) is 5.82 Å². The molecule has 32 heavy (non-hydrogen) atoms. The van der Waals surface area contributed by atoms with Gasteiger partial charge in [-0.3, -0.25) is 4.90 Å². The number of methoxy groups -OCH3 is 1. The molecule has 3 rings (SSSR count). The molecule has 0 spiro atoms. The van der Waals surface area contributed by atoms with Gasteiger partial charge < -0.3 is 10.1 Å². The Morgan fingerprint density at radius 1 is 1.12 bits per heavy atom. The first-order chi connectivity index (χ1) is 15.4. The maximum absolute atomic E-state index is 14.2. The summed E-state index contributed by atoms with van der Waals surface area (Å²) >= 11 is 0. The highest BCUT2D eigenvalue weighted by Crippen LogP contribution is 2.24. The molecule has 172 valence electrons. The van der Waals surface area contributed by atoms with E-state index in [2.05, 4.69) is 48.2 Å². The second-order valence-electron chi connectivity index (χ2n) is 7.90. The van der Waals surface area contributed by atoms with Crippen LogP contribution >= 0.6 is 0 Å². The van der Waals surface area contributed by atoms with Gasteiger partial charge >= 0.3 is 0 Å². The van der Waals surface area contributed by atoms with Crippen molar-refractivity contribution < 1.29 is 13.5 Å². The largest absolute Gasteiger partial charge is 0.496 e. The summed E-state index contributed by atoms with van der Waals surface area (Å²) in [6, 6.07) is 9.77. The topological polar surface area (TPSA) is 42.3 Å².